The van der Waals surface area contributed by atoms with Crippen LogP contribution in [0.15, 0.2) is 29.2 Å². The maximum Gasteiger partial charge on any atom is 0.252 e. The van der Waals surface area contributed by atoms with Gasteiger partial charge < -0.3 is 5.32 Å². The molecule has 0 spiro atoms. The topological polar surface area (TPSA) is 87.0 Å². The number of amides is 1. The van der Waals surface area contributed by atoms with Crippen LogP contribution in [0.1, 0.15) is 30.6 Å². The molecule has 0 saturated heterocycles. The minimum Gasteiger partial charge on any atom is -0.336 e. The number of hydrogen-bond donors (Lipinski definition) is 1. The molecular weight excluding hydrogens is 276 g/mol. The second kappa shape index (κ2) is 6.53. The Morgan fingerprint density at radius 1 is 1.40 bits per heavy atom. The van der Waals surface area contributed by atoms with Crippen molar-refractivity contribution in [1.29, 1.82) is 5.26 Å². The van der Waals surface area contributed by atoms with Crippen LogP contribution in [0.25, 0.3) is 0 Å². The van der Waals surface area contributed by atoms with E-state index >= 15 is 0 Å². The summed E-state index contributed by atoms with van der Waals surface area (Å²) in [5, 5.41) is 11.6. The second-order valence-corrected chi connectivity index (χ2v) is 7.10. The van der Waals surface area contributed by atoms with E-state index in [0.717, 1.165) is 6.26 Å². The van der Waals surface area contributed by atoms with Crippen molar-refractivity contribution < 1.29 is 13.2 Å². The number of carbonyl (C=O) groups excluding carboxylic acids is 1. The number of nitriles is 1. The lowest BCUT2D eigenvalue weighted by atomic mass is 10.0. The van der Waals surface area contributed by atoms with Gasteiger partial charge in [-0.1, -0.05) is 19.9 Å². The lowest BCUT2D eigenvalue weighted by Crippen LogP contribution is -2.34. The number of benzene rings is 1. The third-order valence-electron chi connectivity index (χ3n) is 2.69. The lowest BCUT2D eigenvalue weighted by molar-refractivity contribution is 0.0942. The van der Waals surface area contributed by atoms with Crippen molar-refractivity contribution in [2.45, 2.75) is 31.2 Å². The molecule has 0 heterocycles. The first-order valence-corrected chi connectivity index (χ1v) is 8.13. The van der Waals surface area contributed by atoms with Gasteiger partial charge >= 0.3 is 0 Å². The molecule has 6 heteroatoms. The SMILES string of the molecule is CC(C)C[C@@H](C#N)NC(=O)c1cccc(S(C)(=O)=O)c1. The van der Waals surface area contributed by atoms with Gasteiger partial charge in [-0.05, 0) is 30.5 Å². The van der Waals surface area contributed by atoms with Crippen LogP contribution in [-0.4, -0.2) is 26.6 Å². The molecule has 0 aliphatic heterocycles. The summed E-state index contributed by atoms with van der Waals surface area (Å²) >= 11 is 0. The predicted octanol–water partition coefficient (Wildman–Crippen LogP) is 1.76. The number of carbonyl (C=O) groups is 1. The largest absolute Gasteiger partial charge is 0.336 e. The summed E-state index contributed by atoms with van der Waals surface area (Å²) < 4.78 is 22.9. The zero-order chi connectivity index (χ0) is 15.3. The van der Waals surface area contributed by atoms with E-state index in [0.29, 0.717) is 6.42 Å². The van der Waals surface area contributed by atoms with Gasteiger partial charge in [0.2, 0.25) is 0 Å². The highest BCUT2D eigenvalue weighted by Gasteiger charge is 2.16. The summed E-state index contributed by atoms with van der Waals surface area (Å²) in [6.07, 6.45) is 1.63. The summed E-state index contributed by atoms with van der Waals surface area (Å²) in [6.45, 7) is 3.92. The van der Waals surface area contributed by atoms with E-state index in [1.165, 1.54) is 24.3 Å². The van der Waals surface area contributed by atoms with Crippen LogP contribution in [0.4, 0.5) is 0 Å². The zero-order valence-electron chi connectivity index (χ0n) is 11.8. The third kappa shape index (κ3) is 4.67. The lowest BCUT2D eigenvalue weighted by Gasteiger charge is -2.13. The van der Waals surface area contributed by atoms with Crippen molar-refractivity contribution in [3.63, 3.8) is 0 Å². The summed E-state index contributed by atoms with van der Waals surface area (Å²) in [5.41, 5.74) is 0.233. The molecule has 0 aliphatic carbocycles. The van der Waals surface area contributed by atoms with Crippen LogP contribution in [0.2, 0.25) is 0 Å². The Morgan fingerprint density at radius 3 is 2.55 bits per heavy atom. The van der Waals surface area contributed by atoms with E-state index in [4.69, 9.17) is 5.26 Å². The monoisotopic (exact) mass is 294 g/mol. The molecule has 0 radical (unpaired) electrons. The van der Waals surface area contributed by atoms with Crippen LogP contribution in [0, 0.1) is 17.2 Å². The van der Waals surface area contributed by atoms with Crippen LogP contribution < -0.4 is 5.32 Å². The maximum absolute atomic E-state index is 12.0. The standard InChI is InChI=1S/C14H18N2O3S/c1-10(2)7-12(9-15)16-14(17)11-5-4-6-13(8-11)20(3,18)19/h4-6,8,10,12H,7H2,1-3H3,(H,16,17)/t12-/m0/s1. The molecule has 20 heavy (non-hydrogen) atoms. The quantitative estimate of drug-likeness (QED) is 0.896. The first kappa shape index (κ1) is 16.2. The molecule has 108 valence electrons. The van der Waals surface area contributed by atoms with Crippen LogP contribution in [0.3, 0.4) is 0 Å². The molecule has 1 aromatic rings. The Labute approximate surface area is 119 Å². The second-order valence-electron chi connectivity index (χ2n) is 5.08. The normalized spacial score (nSPS) is 12.8. The van der Waals surface area contributed by atoms with Gasteiger partial charge in [0.15, 0.2) is 9.84 Å². The highest BCUT2D eigenvalue weighted by Crippen LogP contribution is 2.12. The molecule has 0 bridgehead atoms. The number of hydrogen-bond acceptors (Lipinski definition) is 4. The summed E-state index contributed by atoms with van der Waals surface area (Å²) in [6, 6.07) is 7.23. The summed E-state index contributed by atoms with van der Waals surface area (Å²) in [5.74, 6) is -0.162. The molecule has 0 aliphatic rings. The molecule has 1 N–H and O–H groups in total. The van der Waals surface area contributed by atoms with Gasteiger partial charge in [0, 0.05) is 11.8 Å². The molecule has 1 atom stereocenters. The van der Waals surface area contributed by atoms with Crippen molar-refractivity contribution in [3.05, 3.63) is 29.8 Å². The van der Waals surface area contributed by atoms with Crippen LogP contribution in [0.5, 0.6) is 0 Å². The Balaban J connectivity index is 2.91. The fourth-order valence-electron chi connectivity index (χ4n) is 1.72. The average molecular weight is 294 g/mol. The van der Waals surface area contributed by atoms with E-state index in [1.807, 2.05) is 19.9 Å². The first-order chi connectivity index (χ1) is 9.24. The van der Waals surface area contributed by atoms with Gasteiger partial charge in [-0.25, -0.2) is 8.42 Å². The minimum atomic E-state index is -3.36. The third-order valence-corrected chi connectivity index (χ3v) is 3.80. The fourth-order valence-corrected chi connectivity index (χ4v) is 2.39. The molecule has 0 saturated carbocycles. The first-order valence-electron chi connectivity index (χ1n) is 6.24. The Morgan fingerprint density at radius 2 is 2.05 bits per heavy atom. The highest BCUT2D eigenvalue weighted by molar-refractivity contribution is 7.90. The van der Waals surface area contributed by atoms with Gasteiger partial charge in [-0.2, -0.15) is 5.26 Å². The molecule has 1 rings (SSSR count). The maximum atomic E-state index is 12.0. The smallest absolute Gasteiger partial charge is 0.252 e. The van der Waals surface area contributed by atoms with Gasteiger partial charge in [-0.15, -0.1) is 0 Å². The van der Waals surface area contributed by atoms with E-state index in [2.05, 4.69) is 5.32 Å². The number of sulfone groups is 1. The Bertz CT molecular complexity index is 630. The molecule has 0 fully saturated rings. The van der Waals surface area contributed by atoms with Crippen LogP contribution in [-0.2, 0) is 9.84 Å². The van der Waals surface area contributed by atoms with E-state index in [-0.39, 0.29) is 16.4 Å². The number of rotatable bonds is 5. The highest BCUT2D eigenvalue weighted by atomic mass is 32.2. The predicted molar refractivity (Wildman–Crippen MR) is 75.9 cm³/mol. The molecule has 0 unspecified atom stereocenters. The Kier molecular flexibility index (Phi) is 5.28. The Hall–Kier alpha value is -1.87. The molecular formula is C14H18N2O3S. The van der Waals surface area contributed by atoms with Crippen molar-refractivity contribution in [3.8, 4) is 6.07 Å². The zero-order valence-corrected chi connectivity index (χ0v) is 12.6. The number of nitrogens with one attached hydrogen (secondary N) is 1. The van der Waals surface area contributed by atoms with Gasteiger partial charge in [0.25, 0.3) is 5.91 Å². The van der Waals surface area contributed by atoms with Crippen molar-refractivity contribution in [2.24, 2.45) is 5.92 Å². The van der Waals surface area contributed by atoms with Gasteiger partial charge in [-0.3, -0.25) is 4.79 Å². The van der Waals surface area contributed by atoms with Crippen molar-refractivity contribution in [1.82, 2.24) is 5.32 Å². The van der Waals surface area contributed by atoms with Gasteiger partial charge in [0.05, 0.1) is 11.0 Å². The van der Waals surface area contributed by atoms with Gasteiger partial charge in [0.1, 0.15) is 6.04 Å². The molecule has 0 aromatic heterocycles. The van der Waals surface area contributed by atoms with E-state index in [9.17, 15) is 13.2 Å². The molecule has 1 amide bonds. The number of nitrogens with zero attached hydrogens (tertiary/aromatic N) is 1. The van der Waals surface area contributed by atoms with E-state index < -0.39 is 21.8 Å². The summed E-state index contributed by atoms with van der Waals surface area (Å²) in [4.78, 5) is 12.1. The molecule has 1 aromatic carbocycles. The van der Waals surface area contributed by atoms with Crippen molar-refractivity contribution in [2.75, 3.05) is 6.26 Å². The van der Waals surface area contributed by atoms with E-state index in [1.54, 1.807) is 0 Å². The van der Waals surface area contributed by atoms with Crippen molar-refractivity contribution >= 4 is 15.7 Å². The summed E-state index contributed by atoms with van der Waals surface area (Å²) in [7, 11) is -3.36. The average Bonchev–Trinajstić information content (AvgIpc) is 2.36. The molecule has 5 nitrogen and oxygen atoms in total. The van der Waals surface area contributed by atoms with Crippen LogP contribution >= 0.6 is 0 Å². The fraction of sp³-hybridized carbons (Fsp3) is 0.429. The minimum absolute atomic E-state index is 0.0857.